The molecule has 2 atom stereocenters. The summed E-state index contributed by atoms with van der Waals surface area (Å²) in [4.78, 5) is 46.0. The molecule has 0 saturated carbocycles. The highest BCUT2D eigenvalue weighted by atomic mass is 35.5. The van der Waals surface area contributed by atoms with Gasteiger partial charge in [0, 0.05) is 16.1 Å². The predicted octanol–water partition coefficient (Wildman–Crippen LogP) is 4.11. The van der Waals surface area contributed by atoms with Gasteiger partial charge in [0.1, 0.15) is 6.54 Å². The van der Waals surface area contributed by atoms with Crippen LogP contribution in [0.15, 0.2) is 82.2 Å². The Morgan fingerprint density at radius 3 is 2.53 bits per heavy atom. The van der Waals surface area contributed by atoms with Gasteiger partial charge in [0.15, 0.2) is 6.17 Å². The van der Waals surface area contributed by atoms with Gasteiger partial charge in [0.05, 0.1) is 23.9 Å². The summed E-state index contributed by atoms with van der Waals surface area (Å²) in [6, 6.07) is 21.1. The van der Waals surface area contributed by atoms with Gasteiger partial charge in [0.25, 0.3) is 11.8 Å². The van der Waals surface area contributed by atoms with Crippen molar-refractivity contribution < 1.29 is 18.8 Å². The van der Waals surface area contributed by atoms with Crippen molar-refractivity contribution in [3.8, 4) is 0 Å². The minimum Gasteiger partial charge on any atom is -0.418 e. The highest BCUT2D eigenvalue weighted by Gasteiger charge is 2.34. The topological polar surface area (TPSA) is 144 Å². The molecular formula is C32H31ClN6O4. The Morgan fingerprint density at radius 2 is 1.81 bits per heavy atom. The second-order valence-corrected chi connectivity index (χ2v) is 11.1. The van der Waals surface area contributed by atoms with E-state index in [0.29, 0.717) is 28.4 Å². The highest BCUT2D eigenvalue weighted by Crippen LogP contribution is 2.30. The van der Waals surface area contributed by atoms with E-state index in [-0.39, 0.29) is 17.7 Å². The quantitative estimate of drug-likeness (QED) is 0.276. The number of benzene rings is 3. The van der Waals surface area contributed by atoms with Crippen LogP contribution in [-0.4, -0.2) is 52.3 Å². The number of aryl methyl sites for hydroxylation is 1. The average molecular weight is 599 g/mol. The summed E-state index contributed by atoms with van der Waals surface area (Å²) in [6.07, 6.45) is -0.893. The van der Waals surface area contributed by atoms with E-state index in [2.05, 4.69) is 20.5 Å². The van der Waals surface area contributed by atoms with Gasteiger partial charge in [0.2, 0.25) is 17.6 Å². The number of nitrogens with zero attached hydrogens (tertiary/aromatic N) is 4. The first-order valence-corrected chi connectivity index (χ1v) is 14.2. The van der Waals surface area contributed by atoms with Crippen LogP contribution in [0.3, 0.4) is 0 Å². The summed E-state index contributed by atoms with van der Waals surface area (Å²) in [6.45, 7) is 5.16. The van der Waals surface area contributed by atoms with Gasteiger partial charge in [-0.1, -0.05) is 85.6 Å². The lowest BCUT2D eigenvalue weighted by atomic mass is 9.99. The summed E-state index contributed by atoms with van der Waals surface area (Å²) in [5.41, 5.74) is 10.5. The maximum atomic E-state index is 13.4. The number of benzodiazepines with no additional fused rings is 1. The van der Waals surface area contributed by atoms with E-state index in [4.69, 9.17) is 21.8 Å². The number of anilines is 1. The molecule has 43 heavy (non-hydrogen) atoms. The summed E-state index contributed by atoms with van der Waals surface area (Å²) >= 11 is 6.33. The number of fused-ring (bicyclic) bond motifs is 1. The number of ketones is 1. The van der Waals surface area contributed by atoms with Crippen molar-refractivity contribution in [3.05, 3.63) is 112 Å². The van der Waals surface area contributed by atoms with E-state index in [9.17, 15) is 14.4 Å². The number of hydrogen-bond donors (Lipinski definition) is 2. The Balaban J connectivity index is 1.36. The Bertz CT molecular complexity index is 1700. The molecule has 0 bridgehead atoms. The predicted molar refractivity (Wildman–Crippen MR) is 163 cm³/mol. The van der Waals surface area contributed by atoms with Crippen molar-refractivity contribution in [2.45, 2.75) is 39.4 Å². The molecule has 2 heterocycles. The van der Waals surface area contributed by atoms with Gasteiger partial charge in [-0.3, -0.25) is 24.3 Å². The van der Waals surface area contributed by atoms with Crippen LogP contribution in [0.2, 0.25) is 5.02 Å². The molecule has 220 valence electrons. The first kappa shape index (κ1) is 29.8. The first-order chi connectivity index (χ1) is 20.6. The smallest absolute Gasteiger partial charge is 0.286 e. The van der Waals surface area contributed by atoms with Gasteiger partial charge in [-0.05, 0) is 36.6 Å². The summed E-state index contributed by atoms with van der Waals surface area (Å²) in [7, 11) is 0. The fourth-order valence-corrected chi connectivity index (χ4v) is 5.09. The first-order valence-electron chi connectivity index (χ1n) is 13.8. The fraction of sp³-hybridized carbons (Fsp3) is 0.250. The number of halogens is 1. The van der Waals surface area contributed by atoms with Crippen LogP contribution in [0.1, 0.15) is 52.7 Å². The molecule has 0 spiro atoms. The zero-order valence-electron chi connectivity index (χ0n) is 24.0. The van der Waals surface area contributed by atoms with E-state index < -0.39 is 36.3 Å². The minimum atomic E-state index is -1.26. The molecule has 2 amide bonds. The van der Waals surface area contributed by atoms with Crippen LogP contribution in [0.5, 0.6) is 0 Å². The Labute approximate surface area is 254 Å². The Hall–Kier alpha value is -4.67. The highest BCUT2D eigenvalue weighted by molar-refractivity contribution is 6.32. The van der Waals surface area contributed by atoms with Crippen LogP contribution in [0.25, 0.3) is 0 Å². The third-order valence-corrected chi connectivity index (χ3v) is 7.26. The molecule has 3 N–H and O–H groups in total. The molecular weight excluding hydrogens is 568 g/mol. The molecule has 10 nitrogen and oxygen atoms in total. The minimum absolute atomic E-state index is 0.199. The number of carbonyl (C=O) groups excluding carboxylic acids is 3. The van der Waals surface area contributed by atoms with E-state index in [1.54, 1.807) is 32.0 Å². The number of rotatable bonds is 9. The van der Waals surface area contributed by atoms with Gasteiger partial charge >= 0.3 is 0 Å². The van der Waals surface area contributed by atoms with Crippen molar-refractivity contribution in [2.75, 3.05) is 11.4 Å². The lowest BCUT2D eigenvalue weighted by molar-refractivity contribution is -0.124. The van der Waals surface area contributed by atoms with E-state index >= 15 is 0 Å². The fourth-order valence-electron chi connectivity index (χ4n) is 4.92. The summed E-state index contributed by atoms with van der Waals surface area (Å²) < 4.78 is 5.68. The lowest BCUT2D eigenvalue weighted by Crippen LogP contribution is -2.51. The Kier molecular flexibility index (Phi) is 8.79. The number of aromatic nitrogens is 2. The summed E-state index contributed by atoms with van der Waals surface area (Å²) in [5.74, 6) is -1.89. The number of Topliss-reactive ketones (excluding diaryl/α,β-unsaturated/α-hetero) is 1. The number of carbonyl (C=O) groups is 3. The lowest BCUT2D eigenvalue weighted by Gasteiger charge is -2.26. The van der Waals surface area contributed by atoms with Gasteiger partial charge in [-0.25, -0.2) is 0 Å². The van der Waals surface area contributed by atoms with Crippen LogP contribution < -0.4 is 16.0 Å². The molecule has 0 fully saturated rings. The maximum absolute atomic E-state index is 13.4. The van der Waals surface area contributed by atoms with Crippen molar-refractivity contribution in [1.29, 1.82) is 0 Å². The normalized spacial score (nSPS) is 15.5. The molecule has 1 aromatic heterocycles. The molecule has 0 aliphatic carbocycles. The van der Waals surface area contributed by atoms with E-state index in [0.717, 1.165) is 16.7 Å². The van der Waals surface area contributed by atoms with E-state index in [1.165, 1.54) is 4.90 Å². The number of amides is 2. The number of nitrogens with two attached hydrogens (primary N) is 1. The number of nitrogens with one attached hydrogen (secondary N) is 1. The van der Waals surface area contributed by atoms with Crippen molar-refractivity contribution in [1.82, 2.24) is 15.5 Å². The van der Waals surface area contributed by atoms with Crippen molar-refractivity contribution in [3.63, 3.8) is 0 Å². The zero-order chi connectivity index (χ0) is 30.7. The van der Waals surface area contributed by atoms with Gasteiger partial charge in [-0.15, -0.1) is 10.2 Å². The largest absolute Gasteiger partial charge is 0.418 e. The molecule has 1 aliphatic rings. The molecule has 0 radical (unpaired) electrons. The zero-order valence-corrected chi connectivity index (χ0v) is 24.7. The average Bonchev–Trinajstić information content (AvgIpc) is 3.42. The third kappa shape index (κ3) is 6.71. The van der Waals surface area contributed by atoms with Crippen LogP contribution in [0, 0.1) is 12.8 Å². The SMILES string of the molecule is Cc1cccc(Cc2nnc(C(=O)C(NC(=O)CN3C(=O)C(N)N=C(c4ccccc4)c4cc(Cl)ccc43)C(C)C)o2)c1. The number of aliphatic imine (C=N–C) groups is 1. The Morgan fingerprint density at radius 1 is 1.05 bits per heavy atom. The van der Waals surface area contributed by atoms with Crippen LogP contribution in [-0.2, 0) is 16.0 Å². The maximum Gasteiger partial charge on any atom is 0.286 e. The van der Waals surface area contributed by atoms with Gasteiger partial charge < -0.3 is 15.5 Å². The molecule has 0 saturated heterocycles. The van der Waals surface area contributed by atoms with Crippen LogP contribution >= 0.6 is 11.6 Å². The molecule has 11 heteroatoms. The molecule has 3 aromatic carbocycles. The van der Waals surface area contributed by atoms with Crippen molar-refractivity contribution in [2.24, 2.45) is 16.6 Å². The third-order valence-electron chi connectivity index (χ3n) is 7.02. The van der Waals surface area contributed by atoms with Gasteiger partial charge in [-0.2, -0.15) is 0 Å². The standard InChI is InChI=1S/C32H31ClN6O4/c1-18(2)27(29(41)31-38-37-26(43-31)15-20-9-7-8-19(3)14-20)35-25(40)17-39-24-13-12-22(33)16-23(24)28(36-30(34)32(39)42)21-10-5-4-6-11-21/h4-14,16,18,27,30H,15,17,34H2,1-3H3,(H,35,40). The van der Waals surface area contributed by atoms with Crippen molar-refractivity contribution >= 4 is 40.6 Å². The molecule has 5 rings (SSSR count). The van der Waals surface area contributed by atoms with E-state index in [1.807, 2.05) is 61.5 Å². The number of hydrogen-bond acceptors (Lipinski definition) is 8. The summed E-state index contributed by atoms with van der Waals surface area (Å²) in [5, 5.41) is 11.2. The van der Waals surface area contributed by atoms with Crippen LogP contribution in [0.4, 0.5) is 5.69 Å². The monoisotopic (exact) mass is 598 g/mol. The second-order valence-electron chi connectivity index (χ2n) is 10.7. The molecule has 4 aromatic rings. The second kappa shape index (κ2) is 12.7. The molecule has 2 unspecified atom stereocenters. The molecule has 1 aliphatic heterocycles.